The summed E-state index contributed by atoms with van der Waals surface area (Å²) in [6.45, 7) is 0. The van der Waals surface area contributed by atoms with Crippen molar-refractivity contribution in [3.05, 3.63) is 77.2 Å². The number of hydrogen-bond donors (Lipinski definition) is 0. The van der Waals surface area contributed by atoms with Crippen molar-refractivity contribution in [1.29, 1.82) is 0 Å². The maximum absolute atomic E-state index is 12.6. The van der Waals surface area contributed by atoms with Crippen molar-refractivity contribution in [2.24, 2.45) is 7.05 Å². The Kier molecular flexibility index (Phi) is 3.05. The van der Waals surface area contributed by atoms with Gasteiger partial charge in [-0.15, -0.1) is 5.10 Å². The Hall–Kier alpha value is -3.21. The van der Waals surface area contributed by atoms with Gasteiger partial charge in [-0.25, -0.2) is 4.68 Å². The van der Waals surface area contributed by atoms with Gasteiger partial charge in [0.2, 0.25) is 0 Å². The monoisotopic (exact) mass is 302 g/mol. The highest BCUT2D eigenvalue weighted by atomic mass is 16.1. The van der Waals surface area contributed by atoms with E-state index in [1.807, 2.05) is 60.7 Å². The second-order valence-corrected chi connectivity index (χ2v) is 5.37. The van der Waals surface area contributed by atoms with Gasteiger partial charge in [-0.2, -0.15) is 0 Å². The summed E-state index contributed by atoms with van der Waals surface area (Å²) < 4.78 is 3.17. The van der Waals surface area contributed by atoms with Crippen LogP contribution in [0.15, 0.2) is 71.7 Å². The Morgan fingerprint density at radius 2 is 1.70 bits per heavy atom. The molecule has 0 spiro atoms. The van der Waals surface area contributed by atoms with Gasteiger partial charge in [0.25, 0.3) is 5.56 Å². The minimum Gasteiger partial charge on any atom is -0.309 e. The highest BCUT2D eigenvalue weighted by Crippen LogP contribution is 2.18. The first-order chi connectivity index (χ1) is 11.2. The molecule has 0 aliphatic rings. The van der Waals surface area contributed by atoms with Crippen molar-refractivity contribution in [3.8, 4) is 16.9 Å². The number of aryl methyl sites for hydroxylation is 1. The SMILES string of the molecule is Cn1c(=O)c(-n2cc(-c3ccccc3)nn2)cc2ccccc21. The molecule has 0 atom stereocenters. The van der Waals surface area contributed by atoms with Crippen LogP contribution in [0.2, 0.25) is 0 Å². The van der Waals surface area contributed by atoms with Gasteiger partial charge in [-0.3, -0.25) is 4.79 Å². The lowest BCUT2D eigenvalue weighted by molar-refractivity contribution is 0.776. The van der Waals surface area contributed by atoms with Crippen LogP contribution < -0.4 is 5.56 Å². The van der Waals surface area contributed by atoms with E-state index in [1.54, 1.807) is 17.8 Å². The molecule has 5 heteroatoms. The lowest BCUT2D eigenvalue weighted by Gasteiger charge is -2.07. The zero-order valence-corrected chi connectivity index (χ0v) is 12.5. The number of para-hydroxylation sites is 1. The molecule has 4 aromatic rings. The van der Waals surface area contributed by atoms with E-state index in [0.29, 0.717) is 5.69 Å². The van der Waals surface area contributed by atoms with Gasteiger partial charge in [0, 0.05) is 18.0 Å². The Labute approximate surface area is 132 Å². The molecule has 2 aromatic carbocycles. The number of aromatic nitrogens is 4. The van der Waals surface area contributed by atoms with E-state index in [0.717, 1.165) is 22.2 Å². The normalized spacial score (nSPS) is 11.0. The molecule has 4 rings (SSSR count). The van der Waals surface area contributed by atoms with Crippen molar-refractivity contribution in [1.82, 2.24) is 19.6 Å². The lowest BCUT2D eigenvalue weighted by Crippen LogP contribution is -2.22. The maximum Gasteiger partial charge on any atom is 0.276 e. The second-order valence-electron chi connectivity index (χ2n) is 5.37. The molecule has 0 unspecified atom stereocenters. The van der Waals surface area contributed by atoms with E-state index in [4.69, 9.17) is 0 Å². The van der Waals surface area contributed by atoms with Gasteiger partial charge < -0.3 is 4.57 Å². The molecular formula is C18H14N4O. The molecule has 0 bridgehead atoms. The summed E-state index contributed by atoms with van der Waals surface area (Å²) in [4.78, 5) is 12.6. The number of pyridine rings is 1. The summed E-state index contributed by atoms with van der Waals surface area (Å²) in [7, 11) is 1.77. The summed E-state index contributed by atoms with van der Waals surface area (Å²) in [5.41, 5.74) is 2.98. The first-order valence-corrected chi connectivity index (χ1v) is 7.31. The van der Waals surface area contributed by atoms with E-state index in [1.165, 1.54) is 4.68 Å². The molecule has 0 fully saturated rings. The number of hydrogen-bond acceptors (Lipinski definition) is 3. The zero-order chi connectivity index (χ0) is 15.8. The molecule has 2 heterocycles. The Morgan fingerprint density at radius 3 is 2.52 bits per heavy atom. The standard InChI is InChI=1S/C18H14N4O/c1-21-16-10-6-5-9-14(16)11-17(18(21)23)22-12-15(19-20-22)13-7-3-2-4-8-13/h2-12H,1H3. The summed E-state index contributed by atoms with van der Waals surface area (Å²) in [6, 6.07) is 19.4. The van der Waals surface area contributed by atoms with E-state index in [-0.39, 0.29) is 5.56 Å². The van der Waals surface area contributed by atoms with Crippen LogP contribution in [0, 0.1) is 0 Å². The number of rotatable bonds is 2. The van der Waals surface area contributed by atoms with E-state index in [9.17, 15) is 4.79 Å². The molecule has 0 amide bonds. The average molecular weight is 302 g/mol. The third kappa shape index (κ3) is 2.23. The minimum atomic E-state index is -0.104. The Bertz CT molecular complexity index is 1050. The quantitative estimate of drug-likeness (QED) is 0.572. The van der Waals surface area contributed by atoms with E-state index in [2.05, 4.69) is 10.3 Å². The van der Waals surface area contributed by atoms with Crippen LogP contribution in [0.1, 0.15) is 0 Å². The molecule has 5 nitrogen and oxygen atoms in total. The molecule has 0 N–H and O–H groups in total. The first-order valence-electron chi connectivity index (χ1n) is 7.31. The van der Waals surface area contributed by atoms with Crippen LogP contribution in [0.25, 0.3) is 27.8 Å². The molecule has 0 aliphatic heterocycles. The molecule has 0 saturated heterocycles. The molecule has 0 radical (unpaired) electrons. The van der Waals surface area contributed by atoms with Crippen molar-refractivity contribution in [3.63, 3.8) is 0 Å². The summed E-state index contributed by atoms with van der Waals surface area (Å²) in [6.07, 6.45) is 1.78. The van der Waals surface area contributed by atoms with Crippen LogP contribution in [0.4, 0.5) is 0 Å². The number of nitrogens with zero attached hydrogens (tertiary/aromatic N) is 4. The van der Waals surface area contributed by atoms with Gasteiger partial charge in [0.05, 0.1) is 11.7 Å². The van der Waals surface area contributed by atoms with Crippen molar-refractivity contribution >= 4 is 10.9 Å². The van der Waals surface area contributed by atoms with E-state index < -0.39 is 0 Å². The molecule has 112 valence electrons. The fourth-order valence-corrected chi connectivity index (χ4v) is 2.69. The van der Waals surface area contributed by atoms with Crippen molar-refractivity contribution in [2.45, 2.75) is 0 Å². The molecule has 23 heavy (non-hydrogen) atoms. The smallest absolute Gasteiger partial charge is 0.276 e. The van der Waals surface area contributed by atoms with Crippen LogP contribution >= 0.6 is 0 Å². The number of benzene rings is 2. The van der Waals surface area contributed by atoms with Gasteiger partial charge in [0.15, 0.2) is 0 Å². The van der Waals surface area contributed by atoms with Crippen molar-refractivity contribution < 1.29 is 0 Å². The average Bonchev–Trinajstić information content (AvgIpc) is 3.09. The van der Waals surface area contributed by atoms with Gasteiger partial charge >= 0.3 is 0 Å². The van der Waals surface area contributed by atoms with E-state index >= 15 is 0 Å². The van der Waals surface area contributed by atoms with Gasteiger partial charge in [-0.05, 0) is 12.1 Å². The predicted octanol–water partition coefficient (Wildman–Crippen LogP) is 2.79. The highest BCUT2D eigenvalue weighted by molar-refractivity contribution is 5.80. The summed E-state index contributed by atoms with van der Waals surface area (Å²) in [5, 5.41) is 9.29. The number of fused-ring (bicyclic) bond motifs is 1. The van der Waals surface area contributed by atoms with Crippen molar-refractivity contribution in [2.75, 3.05) is 0 Å². The third-order valence-electron chi connectivity index (χ3n) is 3.92. The maximum atomic E-state index is 12.6. The Balaban J connectivity index is 1.89. The minimum absolute atomic E-state index is 0.104. The molecular weight excluding hydrogens is 288 g/mol. The fourth-order valence-electron chi connectivity index (χ4n) is 2.69. The highest BCUT2D eigenvalue weighted by Gasteiger charge is 2.11. The van der Waals surface area contributed by atoms with Gasteiger partial charge in [0.1, 0.15) is 11.4 Å². The van der Waals surface area contributed by atoms with Crippen LogP contribution in [-0.4, -0.2) is 19.6 Å². The summed E-state index contributed by atoms with van der Waals surface area (Å²) in [5.74, 6) is 0. The second kappa shape index (κ2) is 5.21. The molecule has 0 saturated carbocycles. The third-order valence-corrected chi connectivity index (χ3v) is 3.92. The van der Waals surface area contributed by atoms with Gasteiger partial charge in [-0.1, -0.05) is 53.7 Å². The zero-order valence-electron chi connectivity index (χ0n) is 12.5. The Morgan fingerprint density at radius 1 is 0.957 bits per heavy atom. The van der Waals surface area contributed by atoms with Crippen LogP contribution in [0.5, 0.6) is 0 Å². The van der Waals surface area contributed by atoms with Crippen LogP contribution in [-0.2, 0) is 7.05 Å². The largest absolute Gasteiger partial charge is 0.309 e. The molecule has 0 aliphatic carbocycles. The van der Waals surface area contributed by atoms with Crippen LogP contribution in [0.3, 0.4) is 0 Å². The fraction of sp³-hybridized carbons (Fsp3) is 0.0556. The summed E-state index contributed by atoms with van der Waals surface area (Å²) >= 11 is 0. The molecule has 2 aromatic heterocycles. The predicted molar refractivity (Wildman–Crippen MR) is 89.5 cm³/mol. The lowest BCUT2D eigenvalue weighted by atomic mass is 10.2. The first kappa shape index (κ1) is 13.5. The topological polar surface area (TPSA) is 52.7 Å².